The van der Waals surface area contributed by atoms with E-state index >= 15 is 0 Å². The van der Waals surface area contributed by atoms with E-state index in [1.54, 1.807) is 32.0 Å². The number of rotatable bonds is 4. The monoisotopic (exact) mass is 314 g/mol. The molecule has 1 aromatic carbocycles. The van der Waals surface area contributed by atoms with Crippen LogP contribution in [0.15, 0.2) is 27.0 Å². The van der Waals surface area contributed by atoms with Gasteiger partial charge in [0.15, 0.2) is 11.5 Å². The molecule has 3 rings (SSSR count). The molecule has 1 atom stereocenters. The van der Waals surface area contributed by atoms with Crippen LogP contribution in [0.4, 0.5) is 0 Å². The van der Waals surface area contributed by atoms with Crippen molar-refractivity contribution in [1.82, 2.24) is 20.5 Å². The molecular formula is C16H18N4O3. The molecule has 0 saturated carbocycles. The van der Waals surface area contributed by atoms with Crippen molar-refractivity contribution in [2.45, 2.75) is 39.7 Å². The molecular weight excluding hydrogens is 296 g/mol. The van der Waals surface area contributed by atoms with Crippen molar-refractivity contribution in [3.8, 4) is 0 Å². The maximum atomic E-state index is 12.4. The predicted molar refractivity (Wildman–Crippen MR) is 83.0 cm³/mol. The zero-order chi connectivity index (χ0) is 16.6. The Morgan fingerprint density at radius 1 is 1.13 bits per heavy atom. The molecule has 7 nitrogen and oxygen atoms in total. The number of aryl methyl sites for hydroxylation is 1. The Morgan fingerprint density at radius 2 is 1.87 bits per heavy atom. The average molecular weight is 314 g/mol. The minimum atomic E-state index is -0.380. The number of carbonyl (C=O) groups is 1. The lowest BCUT2D eigenvalue weighted by atomic mass is 10.2. The standard InChI is InChI=1S/C16H18N4O3/c1-8(2)15-19-20-16(23-15)9(3)17-14(21)11-5-6-12-13(7-11)22-10(4)18-12/h5-9H,1-4H3,(H,17,21)/t9-/m1/s1. The quantitative estimate of drug-likeness (QED) is 0.795. The van der Waals surface area contributed by atoms with Crippen LogP contribution in [0.1, 0.15) is 60.8 Å². The molecule has 7 heteroatoms. The SMILES string of the molecule is Cc1nc2ccc(C(=O)N[C@H](C)c3nnc(C(C)C)o3)cc2o1. The van der Waals surface area contributed by atoms with Crippen molar-refractivity contribution in [1.29, 1.82) is 0 Å². The van der Waals surface area contributed by atoms with Gasteiger partial charge in [0.1, 0.15) is 11.6 Å². The van der Waals surface area contributed by atoms with E-state index in [0.717, 1.165) is 5.52 Å². The third kappa shape index (κ3) is 3.08. The van der Waals surface area contributed by atoms with Crippen molar-refractivity contribution >= 4 is 17.0 Å². The van der Waals surface area contributed by atoms with Crippen LogP contribution in [-0.4, -0.2) is 21.1 Å². The Bertz CT molecular complexity index is 850. The predicted octanol–water partition coefficient (Wildman–Crippen LogP) is 3.13. The lowest BCUT2D eigenvalue weighted by Crippen LogP contribution is -2.26. The van der Waals surface area contributed by atoms with Crippen LogP contribution < -0.4 is 5.32 Å². The molecule has 0 radical (unpaired) electrons. The number of amides is 1. The molecule has 2 aromatic heterocycles. The minimum absolute atomic E-state index is 0.149. The first-order valence-electron chi connectivity index (χ1n) is 7.45. The summed E-state index contributed by atoms with van der Waals surface area (Å²) in [7, 11) is 0. The normalized spacial score (nSPS) is 12.7. The van der Waals surface area contributed by atoms with E-state index in [4.69, 9.17) is 8.83 Å². The maximum Gasteiger partial charge on any atom is 0.252 e. The van der Waals surface area contributed by atoms with Crippen molar-refractivity contribution in [2.24, 2.45) is 0 Å². The molecule has 0 unspecified atom stereocenters. The fourth-order valence-electron chi connectivity index (χ4n) is 2.18. The van der Waals surface area contributed by atoms with Crippen molar-refractivity contribution in [2.75, 3.05) is 0 Å². The summed E-state index contributed by atoms with van der Waals surface area (Å²) in [4.78, 5) is 16.6. The molecule has 0 aliphatic carbocycles. The summed E-state index contributed by atoms with van der Waals surface area (Å²) < 4.78 is 11.0. The molecule has 0 aliphatic rings. The summed E-state index contributed by atoms with van der Waals surface area (Å²) in [6.45, 7) is 7.50. The van der Waals surface area contributed by atoms with Crippen molar-refractivity contribution in [3.05, 3.63) is 41.4 Å². The van der Waals surface area contributed by atoms with E-state index < -0.39 is 0 Å². The summed E-state index contributed by atoms with van der Waals surface area (Å²) >= 11 is 0. The Hall–Kier alpha value is -2.70. The van der Waals surface area contributed by atoms with E-state index in [9.17, 15) is 4.79 Å². The van der Waals surface area contributed by atoms with E-state index in [-0.39, 0.29) is 17.9 Å². The number of oxazole rings is 1. The Morgan fingerprint density at radius 3 is 2.57 bits per heavy atom. The minimum Gasteiger partial charge on any atom is -0.441 e. The Kier molecular flexibility index (Phi) is 3.85. The lowest BCUT2D eigenvalue weighted by molar-refractivity contribution is 0.0933. The number of fused-ring (bicyclic) bond motifs is 1. The second-order valence-corrected chi connectivity index (χ2v) is 5.74. The summed E-state index contributed by atoms with van der Waals surface area (Å²) in [6.07, 6.45) is 0. The fourth-order valence-corrected chi connectivity index (χ4v) is 2.18. The van der Waals surface area contributed by atoms with Crippen LogP contribution in [0.3, 0.4) is 0 Å². The fraction of sp³-hybridized carbons (Fsp3) is 0.375. The zero-order valence-corrected chi connectivity index (χ0v) is 13.5. The van der Waals surface area contributed by atoms with Gasteiger partial charge in [-0.25, -0.2) is 4.98 Å². The number of benzene rings is 1. The van der Waals surface area contributed by atoms with E-state index in [1.165, 1.54) is 0 Å². The summed E-state index contributed by atoms with van der Waals surface area (Å²) in [5.41, 5.74) is 1.80. The molecule has 0 aliphatic heterocycles. The number of nitrogens with one attached hydrogen (secondary N) is 1. The number of carbonyl (C=O) groups excluding carboxylic acids is 1. The molecule has 1 N–H and O–H groups in total. The van der Waals surface area contributed by atoms with Gasteiger partial charge in [0, 0.05) is 18.4 Å². The Balaban J connectivity index is 1.76. The van der Waals surface area contributed by atoms with E-state index in [1.807, 2.05) is 13.8 Å². The molecule has 1 amide bonds. The number of aromatic nitrogens is 3. The second-order valence-electron chi connectivity index (χ2n) is 5.74. The second kappa shape index (κ2) is 5.83. The number of hydrogen-bond acceptors (Lipinski definition) is 6. The highest BCUT2D eigenvalue weighted by Crippen LogP contribution is 2.19. The van der Waals surface area contributed by atoms with Crippen LogP contribution in [0.5, 0.6) is 0 Å². The van der Waals surface area contributed by atoms with Crippen LogP contribution in [0.25, 0.3) is 11.1 Å². The first kappa shape index (κ1) is 15.2. The highest BCUT2D eigenvalue weighted by molar-refractivity contribution is 5.97. The molecule has 3 aromatic rings. The zero-order valence-electron chi connectivity index (χ0n) is 13.5. The topological polar surface area (TPSA) is 94.1 Å². The molecule has 0 fully saturated rings. The van der Waals surface area contributed by atoms with Gasteiger partial charge in [-0.2, -0.15) is 0 Å². The molecule has 23 heavy (non-hydrogen) atoms. The summed E-state index contributed by atoms with van der Waals surface area (Å²) in [5, 5.41) is 10.8. The van der Waals surface area contributed by atoms with Gasteiger partial charge in [-0.15, -0.1) is 10.2 Å². The highest BCUT2D eigenvalue weighted by Gasteiger charge is 2.19. The van der Waals surface area contributed by atoms with Gasteiger partial charge in [0.25, 0.3) is 5.91 Å². The van der Waals surface area contributed by atoms with Gasteiger partial charge in [-0.1, -0.05) is 13.8 Å². The molecule has 2 heterocycles. The van der Waals surface area contributed by atoms with Crippen LogP contribution >= 0.6 is 0 Å². The molecule has 0 bridgehead atoms. The Labute approximate surface area is 133 Å². The summed E-state index contributed by atoms with van der Waals surface area (Å²) in [5.74, 6) is 1.42. The molecule has 0 spiro atoms. The molecule has 120 valence electrons. The largest absolute Gasteiger partial charge is 0.441 e. The van der Waals surface area contributed by atoms with Gasteiger partial charge >= 0.3 is 0 Å². The first-order chi connectivity index (χ1) is 10.9. The lowest BCUT2D eigenvalue weighted by Gasteiger charge is -2.09. The first-order valence-corrected chi connectivity index (χ1v) is 7.45. The number of hydrogen-bond donors (Lipinski definition) is 1. The van der Waals surface area contributed by atoms with Gasteiger partial charge in [-0.3, -0.25) is 4.79 Å². The van der Waals surface area contributed by atoms with E-state index in [2.05, 4.69) is 20.5 Å². The van der Waals surface area contributed by atoms with Gasteiger partial charge < -0.3 is 14.2 Å². The van der Waals surface area contributed by atoms with Crippen LogP contribution in [-0.2, 0) is 0 Å². The van der Waals surface area contributed by atoms with Crippen molar-refractivity contribution < 1.29 is 13.6 Å². The average Bonchev–Trinajstić information content (AvgIpc) is 3.11. The van der Waals surface area contributed by atoms with Gasteiger partial charge in [-0.05, 0) is 25.1 Å². The maximum absolute atomic E-state index is 12.4. The van der Waals surface area contributed by atoms with Gasteiger partial charge in [0.05, 0.1) is 0 Å². The molecule has 0 saturated heterocycles. The van der Waals surface area contributed by atoms with Crippen molar-refractivity contribution in [3.63, 3.8) is 0 Å². The third-order valence-electron chi connectivity index (χ3n) is 3.43. The highest BCUT2D eigenvalue weighted by atomic mass is 16.4. The third-order valence-corrected chi connectivity index (χ3v) is 3.43. The van der Waals surface area contributed by atoms with Crippen LogP contribution in [0, 0.1) is 6.92 Å². The summed E-state index contributed by atoms with van der Waals surface area (Å²) in [6, 6.07) is 4.76. The van der Waals surface area contributed by atoms with Gasteiger partial charge in [0.2, 0.25) is 11.8 Å². The number of nitrogens with zero attached hydrogens (tertiary/aromatic N) is 3. The smallest absolute Gasteiger partial charge is 0.252 e. The van der Waals surface area contributed by atoms with Crippen LogP contribution in [0.2, 0.25) is 0 Å². The van der Waals surface area contributed by atoms with E-state index in [0.29, 0.717) is 28.8 Å².